The van der Waals surface area contributed by atoms with Crippen LogP contribution in [0.15, 0.2) is 180 Å². The average molecular weight is 627 g/mol. The van der Waals surface area contributed by atoms with Crippen LogP contribution in [0.25, 0.3) is 82.5 Å². The fourth-order valence-corrected chi connectivity index (χ4v) is 7.50. The summed E-state index contributed by atoms with van der Waals surface area (Å²) in [4.78, 5) is 0. The predicted molar refractivity (Wildman–Crippen MR) is 206 cm³/mol. The molecule has 2 heterocycles. The summed E-state index contributed by atoms with van der Waals surface area (Å²) >= 11 is 0. The van der Waals surface area contributed by atoms with E-state index in [2.05, 4.69) is 174 Å². The Morgan fingerprint density at radius 1 is 0.429 bits per heavy atom. The third-order valence-corrected chi connectivity index (χ3v) is 9.73. The van der Waals surface area contributed by atoms with Gasteiger partial charge < -0.3 is 14.3 Å². The Hall–Kier alpha value is -6.58. The van der Waals surface area contributed by atoms with Gasteiger partial charge in [0.2, 0.25) is 0 Å². The van der Waals surface area contributed by atoms with Crippen molar-refractivity contribution < 1.29 is 4.42 Å². The molecule has 0 bridgehead atoms. The third kappa shape index (κ3) is 4.51. The van der Waals surface area contributed by atoms with E-state index in [0.29, 0.717) is 0 Å². The number of aromatic nitrogens is 1. The van der Waals surface area contributed by atoms with Crippen LogP contribution in [0.1, 0.15) is 0 Å². The molecule has 0 radical (unpaired) electrons. The van der Waals surface area contributed by atoms with Crippen LogP contribution in [0.3, 0.4) is 0 Å². The summed E-state index contributed by atoms with van der Waals surface area (Å²) in [6, 6.07) is 62.6. The molecule has 0 aliphatic carbocycles. The lowest BCUT2D eigenvalue weighted by Crippen LogP contribution is -1.94. The Balaban J connectivity index is 1.03. The molecule has 8 aromatic carbocycles. The number of hydrogen-bond donors (Lipinski definition) is 1. The zero-order chi connectivity index (χ0) is 32.3. The molecule has 1 N–H and O–H groups in total. The van der Waals surface area contributed by atoms with Crippen LogP contribution >= 0.6 is 0 Å². The van der Waals surface area contributed by atoms with E-state index in [9.17, 15) is 0 Å². The van der Waals surface area contributed by atoms with E-state index in [4.69, 9.17) is 4.42 Å². The van der Waals surface area contributed by atoms with Gasteiger partial charge in [-0.15, -0.1) is 0 Å². The molecular formula is C46H30N2O. The average Bonchev–Trinajstić information content (AvgIpc) is 3.72. The standard InChI is InChI=1S/C46H30N2O/c1-2-19-37-34(12-1)29-41(46-45(37)40-22-5-8-25-44(40)49-46)47-35-17-10-15-32(27-35)30-13-9-14-31(26-30)33-16-11-18-36(28-33)48-42-23-6-3-20-38(42)39-21-4-7-24-43(39)48/h1-29,47H. The first-order chi connectivity index (χ1) is 24.3. The zero-order valence-corrected chi connectivity index (χ0v) is 26.6. The van der Waals surface area contributed by atoms with Gasteiger partial charge in [-0.1, -0.05) is 121 Å². The van der Waals surface area contributed by atoms with Crippen LogP contribution in [0.4, 0.5) is 11.4 Å². The summed E-state index contributed by atoms with van der Waals surface area (Å²) in [7, 11) is 0. The normalized spacial score (nSPS) is 11.7. The predicted octanol–water partition coefficient (Wildman–Crippen LogP) is 12.9. The minimum Gasteiger partial charge on any atom is -0.454 e. The van der Waals surface area contributed by atoms with Gasteiger partial charge in [0.15, 0.2) is 5.58 Å². The maximum absolute atomic E-state index is 6.46. The molecule has 0 fully saturated rings. The SMILES string of the molecule is c1cc(Nc2cc3ccccc3c3c2oc2ccccc23)cc(-c2cccc(-c3cccc(-n4c5ccccc5c5ccccc54)c3)c2)c1. The van der Waals surface area contributed by atoms with Gasteiger partial charge in [-0.3, -0.25) is 0 Å². The number of furan rings is 1. The highest BCUT2D eigenvalue weighted by Crippen LogP contribution is 2.41. The Morgan fingerprint density at radius 3 is 1.76 bits per heavy atom. The van der Waals surface area contributed by atoms with Crippen molar-refractivity contribution in [2.75, 3.05) is 5.32 Å². The first-order valence-electron chi connectivity index (χ1n) is 16.7. The number of fused-ring (bicyclic) bond motifs is 8. The van der Waals surface area contributed by atoms with Crippen molar-refractivity contribution in [1.29, 1.82) is 0 Å². The molecule has 0 amide bonds. The van der Waals surface area contributed by atoms with Crippen LogP contribution in [-0.4, -0.2) is 4.57 Å². The second-order valence-corrected chi connectivity index (χ2v) is 12.7. The molecule has 10 aromatic rings. The first-order valence-corrected chi connectivity index (χ1v) is 16.7. The van der Waals surface area contributed by atoms with E-state index in [1.807, 2.05) is 12.1 Å². The number of nitrogens with zero attached hydrogens (tertiary/aromatic N) is 1. The van der Waals surface area contributed by atoms with Gasteiger partial charge in [0, 0.05) is 32.9 Å². The van der Waals surface area contributed by atoms with E-state index >= 15 is 0 Å². The summed E-state index contributed by atoms with van der Waals surface area (Å²) in [6.07, 6.45) is 0. The van der Waals surface area contributed by atoms with Crippen molar-refractivity contribution in [3.05, 3.63) is 176 Å². The van der Waals surface area contributed by atoms with Crippen LogP contribution in [0, 0.1) is 0 Å². The second-order valence-electron chi connectivity index (χ2n) is 12.7. The highest BCUT2D eigenvalue weighted by atomic mass is 16.3. The van der Waals surface area contributed by atoms with Crippen LogP contribution < -0.4 is 5.32 Å². The highest BCUT2D eigenvalue weighted by Gasteiger charge is 2.16. The zero-order valence-electron chi connectivity index (χ0n) is 26.6. The lowest BCUT2D eigenvalue weighted by molar-refractivity contribution is 0.670. The molecule has 0 aliphatic heterocycles. The largest absolute Gasteiger partial charge is 0.454 e. The minimum absolute atomic E-state index is 0.871. The fraction of sp³-hybridized carbons (Fsp3) is 0. The molecule has 0 saturated heterocycles. The maximum Gasteiger partial charge on any atom is 0.159 e. The number of nitrogens with one attached hydrogen (secondary N) is 1. The molecule has 3 nitrogen and oxygen atoms in total. The minimum atomic E-state index is 0.871. The van der Waals surface area contributed by atoms with Crippen molar-refractivity contribution in [1.82, 2.24) is 4.57 Å². The van der Waals surface area contributed by atoms with E-state index in [1.54, 1.807) is 0 Å². The molecule has 2 aromatic heterocycles. The van der Waals surface area contributed by atoms with E-state index in [0.717, 1.165) is 50.1 Å². The molecule has 0 unspecified atom stereocenters. The number of benzene rings is 8. The molecule has 0 saturated carbocycles. The summed E-state index contributed by atoms with van der Waals surface area (Å²) in [5.74, 6) is 0. The highest BCUT2D eigenvalue weighted by molar-refractivity contribution is 6.22. The van der Waals surface area contributed by atoms with Crippen molar-refractivity contribution in [2.24, 2.45) is 0 Å². The fourth-order valence-electron chi connectivity index (χ4n) is 7.50. The van der Waals surface area contributed by atoms with Crippen molar-refractivity contribution >= 4 is 65.9 Å². The lowest BCUT2D eigenvalue weighted by Gasteiger charge is -2.13. The van der Waals surface area contributed by atoms with Crippen LogP contribution in [0.5, 0.6) is 0 Å². The maximum atomic E-state index is 6.46. The van der Waals surface area contributed by atoms with E-state index in [1.165, 1.54) is 43.7 Å². The van der Waals surface area contributed by atoms with Gasteiger partial charge in [-0.05, 0) is 87.6 Å². The van der Waals surface area contributed by atoms with Gasteiger partial charge in [0.25, 0.3) is 0 Å². The second kappa shape index (κ2) is 11.0. The number of hydrogen-bond acceptors (Lipinski definition) is 2. The Morgan fingerprint density at radius 2 is 1.00 bits per heavy atom. The molecule has 0 spiro atoms. The smallest absolute Gasteiger partial charge is 0.159 e. The number of para-hydroxylation sites is 3. The number of anilines is 2. The van der Waals surface area contributed by atoms with Gasteiger partial charge in [0.05, 0.1) is 16.7 Å². The molecular weight excluding hydrogens is 597 g/mol. The summed E-state index contributed by atoms with van der Waals surface area (Å²) in [5.41, 5.74) is 12.0. The quantitative estimate of drug-likeness (QED) is 0.206. The van der Waals surface area contributed by atoms with E-state index < -0.39 is 0 Å². The monoisotopic (exact) mass is 626 g/mol. The Kier molecular flexibility index (Phi) is 6.18. The topological polar surface area (TPSA) is 30.1 Å². The van der Waals surface area contributed by atoms with Crippen molar-refractivity contribution in [3.8, 4) is 27.9 Å². The molecule has 3 heteroatoms. The first kappa shape index (κ1) is 27.5. The van der Waals surface area contributed by atoms with Gasteiger partial charge in [-0.2, -0.15) is 0 Å². The van der Waals surface area contributed by atoms with Gasteiger partial charge >= 0.3 is 0 Å². The van der Waals surface area contributed by atoms with Crippen molar-refractivity contribution in [2.45, 2.75) is 0 Å². The Labute approximate surface area is 283 Å². The number of rotatable bonds is 5. The van der Waals surface area contributed by atoms with Gasteiger partial charge in [-0.25, -0.2) is 0 Å². The third-order valence-electron chi connectivity index (χ3n) is 9.73. The molecule has 0 atom stereocenters. The van der Waals surface area contributed by atoms with Gasteiger partial charge in [0.1, 0.15) is 5.58 Å². The summed E-state index contributed by atoms with van der Waals surface area (Å²) < 4.78 is 8.84. The van der Waals surface area contributed by atoms with Crippen molar-refractivity contribution in [3.63, 3.8) is 0 Å². The lowest BCUT2D eigenvalue weighted by atomic mass is 9.98. The molecule has 230 valence electrons. The molecule has 0 aliphatic rings. The van der Waals surface area contributed by atoms with Crippen LogP contribution in [0.2, 0.25) is 0 Å². The Bertz CT molecular complexity index is 2820. The summed E-state index contributed by atoms with van der Waals surface area (Å²) in [5, 5.41) is 10.9. The summed E-state index contributed by atoms with van der Waals surface area (Å²) in [6.45, 7) is 0. The molecule has 10 rings (SSSR count). The van der Waals surface area contributed by atoms with E-state index in [-0.39, 0.29) is 0 Å². The van der Waals surface area contributed by atoms with Crippen LogP contribution in [-0.2, 0) is 0 Å². The molecule has 49 heavy (non-hydrogen) atoms.